The monoisotopic (exact) mass is 651 g/mol. The Morgan fingerprint density at radius 3 is 2.15 bits per heavy atom. The average Bonchev–Trinajstić information content (AvgIpc) is 3.75. The summed E-state index contributed by atoms with van der Waals surface area (Å²) in [7, 11) is 0. The second kappa shape index (κ2) is 12.2. The first-order valence-electron chi connectivity index (χ1n) is 15.6. The standard InChI is InChI=1S/C40H28ClF2N5/c41-31-20-22-37(44-24-31)47-26-45-35-23-27(19-21-36(35)47)32-25-48(46-39(32)38-33(42)17-10-18-34(38)43)40(28-11-4-1-5-12-28,29-13-6-2-7-14-29)30-15-8-3-9-16-30/h1-15,17-26,30H,16H2. The van der Waals surface area contributed by atoms with Gasteiger partial charge >= 0.3 is 0 Å². The predicted molar refractivity (Wildman–Crippen MR) is 186 cm³/mol. The van der Waals surface area contributed by atoms with E-state index in [1.54, 1.807) is 18.6 Å². The number of halogens is 3. The molecule has 0 bridgehead atoms. The van der Waals surface area contributed by atoms with Gasteiger partial charge in [0.2, 0.25) is 0 Å². The lowest BCUT2D eigenvalue weighted by atomic mass is 9.70. The molecule has 0 spiro atoms. The topological polar surface area (TPSA) is 48.5 Å². The molecule has 3 heterocycles. The summed E-state index contributed by atoms with van der Waals surface area (Å²) in [6.07, 6.45) is 14.4. The summed E-state index contributed by atoms with van der Waals surface area (Å²) >= 11 is 6.07. The van der Waals surface area contributed by atoms with Crippen molar-refractivity contribution in [2.45, 2.75) is 12.0 Å². The average molecular weight is 652 g/mol. The molecule has 0 amide bonds. The molecule has 0 aliphatic heterocycles. The number of rotatable bonds is 7. The molecule has 5 nitrogen and oxygen atoms in total. The third-order valence-electron chi connectivity index (χ3n) is 9.04. The van der Waals surface area contributed by atoms with Crippen LogP contribution in [0.25, 0.3) is 39.2 Å². The van der Waals surface area contributed by atoms with E-state index in [1.165, 1.54) is 18.2 Å². The van der Waals surface area contributed by atoms with Crippen molar-refractivity contribution in [2.75, 3.05) is 0 Å². The highest BCUT2D eigenvalue weighted by atomic mass is 35.5. The van der Waals surface area contributed by atoms with Gasteiger partial charge in [0, 0.05) is 23.9 Å². The lowest BCUT2D eigenvalue weighted by Gasteiger charge is -2.41. The fourth-order valence-corrected chi connectivity index (χ4v) is 6.96. The Hall–Kier alpha value is -5.66. The van der Waals surface area contributed by atoms with E-state index >= 15 is 8.78 Å². The lowest BCUT2D eigenvalue weighted by Crippen LogP contribution is -2.43. The minimum absolute atomic E-state index is 0.0663. The highest BCUT2D eigenvalue weighted by Gasteiger charge is 2.44. The fourth-order valence-electron chi connectivity index (χ4n) is 6.85. The maximum atomic E-state index is 15.7. The van der Waals surface area contributed by atoms with Crippen molar-refractivity contribution in [2.24, 2.45) is 5.92 Å². The van der Waals surface area contributed by atoms with E-state index in [-0.39, 0.29) is 17.2 Å². The molecule has 48 heavy (non-hydrogen) atoms. The van der Waals surface area contributed by atoms with E-state index in [0.717, 1.165) is 28.6 Å². The summed E-state index contributed by atoms with van der Waals surface area (Å²) in [6.45, 7) is 0. The Balaban J connectivity index is 1.40. The Morgan fingerprint density at radius 1 is 0.771 bits per heavy atom. The molecule has 0 saturated heterocycles. The zero-order valence-corrected chi connectivity index (χ0v) is 26.3. The molecule has 0 fully saturated rings. The highest BCUT2D eigenvalue weighted by molar-refractivity contribution is 6.30. The van der Waals surface area contributed by atoms with E-state index < -0.39 is 17.2 Å². The zero-order chi connectivity index (χ0) is 32.7. The largest absolute Gasteiger partial charge is 0.283 e. The van der Waals surface area contributed by atoms with Crippen LogP contribution in [0.15, 0.2) is 152 Å². The number of allylic oxidation sites excluding steroid dienone is 4. The molecule has 8 heteroatoms. The quantitative estimate of drug-likeness (QED) is 0.172. The molecular formula is C40H28ClF2N5. The van der Waals surface area contributed by atoms with Crippen molar-refractivity contribution in [3.05, 3.63) is 180 Å². The zero-order valence-electron chi connectivity index (χ0n) is 25.6. The van der Waals surface area contributed by atoms with Gasteiger partial charge in [-0.05, 0) is 59.5 Å². The molecule has 1 unspecified atom stereocenters. The van der Waals surface area contributed by atoms with Gasteiger partial charge in [-0.2, -0.15) is 5.10 Å². The van der Waals surface area contributed by atoms with Gasteiger partial charge in [-0.15, -0.1) is 0 Å². The van der Waals surface area contributed by atoms with Gasteiger partial charge in [0.15, 0.2) is 0 Å². The normalized spacial score (nSPS) is 14.5. The van der Waals surface area contributed by atoms with Crippen LogP contribution in [0.2, 0.25) is 5.02 Å². The summed E-state index contributed by atoms with van der Waals surface area (Å²) in [5.74, 6) is -0.775. The number of nitrogens with zero attached hydrogens (tertiary/aromatic N) is 5. The van der Waals surface area contributed by atoms with Crippen molar-refractivity contribution < 1.29 is 8.78 Å². The molecule has 1 aliphatic rings. The summed E-state index contributed by atoms with van der Waals surface area (Å²) in [5, 5.41) is 5.69. The van der Waals surface area contributed by atoms with E-state index in [9.17, 15) is 0 Å². The number of hydrogen-bond donors (Lipinski definition) is 0. The molecule has 0 saturated carbocycles. The maximum Gasteiger partial charge on any atom is 0.138 e. The summed E-state index contributed by atoms with van der Waals surface area (Å²) in [5.41, 5.74) is 3.97. The third-order valence-corrected chi connectivity index (χ3v) is 9.26. The number of imidazole rings is 1. The second-order valence-electron chi connectivity index (χ2n) is 11.7. The highest BCUT2D eigenvalue weighted by Crippen LogP contribution is 2.46. The van der Waals surface area contributed by atoms with Crippen molar-refractivity contribution in [3.63, 3.8) is 0 Å². The number of hydrogen-bond acceptors (Lipinski definition) is 3. The van der Waals surface area contributed by atoms with Crippen LogP contribution in [0.1, 0.15) is 17.5 Å². The Morgan fingerprint density at radius 2 is 1.50 bits per heavy atom. The number of fused-ring (bicyclic) bond motifs is 1. The van der Waals surface area contributed by atoms with Crippen LogP contribution in [0, 0.1) is 17.6 Å². The first-order chi connectivity index (χ1) is 23.5. The van der Waals surface area contributed by atoms with Crippen LogP contribution in [-0.2, 0) is 5.54 Å². The van der Waals surface area contributed by atoms with E-state index in [0.29, 0.717) is 21.9 Å². The minimum atomic E-state index is -0.857. The Bertz CT molecular complexity index is 2250. The van der Waals surface area contributed by atoms with Crippen LogP contribution < -0.4 is 0 Å². The van der Waals surface area contributed by atoms with Gasteiger partial charge < -0.3 is 0 Å². The summed E-state index contributed by atoms with van der Waals surface area (Å²) in [4.78, 5) is 9.10. The van der Waals surface area contributed by atoms with Crippen LogP contribution in [0.5, 0.6) is 0 Å². The van der Waals surface area contributed by atoms with Gasteiger partial charge in [-0.1, -0.05) is 109 Å². The molecular weight excluding hydrogens is 624 g/mol. The van der Waals surface area contributed by atoms with Gasteiger partial charge in [0.05, 0.1) is 21.6 Å². The lowest BCUT2D eigenvalue weighted by molar-refractivity contribution is 0.293. The van der Waals surface area contributed by atoms with Crippen molar-refractivity contribution in [1.29, 1.82) is 0 Å². The van der Waals surface area contributed by atoms with E-state index in [1.807, 2.05) is 82.2 Å². The smallest absolute Gasteiger partial charge is 0.138 e. The third kappa shape index (κ3) is 4.95. The number of pyridine rings is 1. The molecule has 1 aliphatic carbocycles. The predicted octanol–water partition coefficient (Wildman–Crippen LogP) is 9.81. The summed E-state index contributed by atoms with van der Waals surface area (Å²) < 4.78 is 35.1. The van der Waals surface area contributed by atoms with Gasteiger partial charge in [-0.25, -0.2) is 18.7 Å². The molecule has 1 atom stereocenters. The van der Waals surface area contributed by atoms with E-state index in [2.05, 4.69) is 52.5 Å². The maximum absolute atomic E-state index is 15.7. The van der Waals surface area contributed by atoms with Crippen LogP contribution >= 0.6 is 11.6 Å². The van der Waals surface area contributed by atoms with Crippen molar-refractivity contribution >= 4 is 22.6 Å². The fraction of sp³-hybridized carbons (Fsp3) is 0.0750. The Labute approximate surface area is 281 Å². The molecule has 4 aromatic carbocycles. The van der Waals surface area contributed by atoms with Crippen molar-refractivity contribution in [3.8, 4) is 28.2 Å². The van der Waals surface area contributed by atoms with Gasteiger partial charge in [0.1, 0.15) is 35.0 Å². The molecule has 0 radical (unpaired) electrons. The SMILES string of the molecule is Fc1cccc(F)c1-c1nn(C(c2ccccc2)(c2ccccc2)C2C=CC=CC2)cc1-c1ccc2c(c1)ncn2-c1ccc(Cl)cn1. The summed E-state index contributed by atoms with van der Waals surface area (Å²) in [6, 6.07) is 33.6. The molecule has 0 N–H and O–H groups in total. The molecule has 234 valence electrons. The van der Waals surface area contributed by atoms with Crippen LogP contribution in [0.3, 0.4) is 0 Å². The second-order valence-corrected chi connectivity index (χ2v) is 12.2. The molecule has 7 aromatic rings. The van der Waals surface area contributed by atoms with Gasteiger partial charge in [-0.3, -0.25) is 9.25 Å². The Kier molecular flexibility index (Phi) is 7.54. The van der Waals surface area contributed by atoms with Crippen molar-refractivity contribution in [1.82, 2.24) is 24.3 Å². The molecule has 8 rings (SSSR count). The van der Waals surface area contributed by atoms with E-state index in [4.69, 9.17) is 16.7 Å². The first-order valence-corrected chi connectivity index (χ1v) is 16.0. The first kappa shape index (κ1) is 29.7. The molecule has 3 aromatic heterocycles. The minimum Gasteiger partial charge on any atom is -0.283 e. The van der Waals surface area contributed by atoms with Gasteiger partial charge in [0.25, 0.3) is 0 Å². The van der Waals surface area contributed by atoms with Crippen LogP contribution in [0.4, 0.5) is 8.78 Å². The van der Waals surface area contributed by atoms with Crippen LogP contribution in [-0.4, -0.2) is 24.3 Å². The number of aromatic nitrogens is 5. The number of benzene rings is 4.